The molecule has 0 saturated heterocycles. The molecule has 2 fully saturated rings. The van der Waals surface area contributed by atoms with E-state index in [0.29, 0.717) is 18.4 Å². The highest BCUT2D eigenvalue weighted by molar-refractivity contribution is 5.76. The lowest BCUT2D eigenvalue weighted by Crippen LogP contribution is -2.28. The molecule has 3 heteroatoms. The second-order valence-electron chi connectivity index (χ2n) is 5.86. The molecule has 2 aliphatic carbocycles. The highest BCUT2D eigenvalue weighted by Gasteiger charge is 2.36. The van der Waals surface area contributed by atoms with Crippen LogP contribution < -0.4 is 0 Å². The molecule has 1 heterocycles. The first-order valence-electron chi connectivity index (χ1n) is 6.99. The topological polar surface area (TPSA) is 33.5 Å². The van der Waals surface area contributed by atoms with Crippen molar-refractivity contribution in [3.05, 3.63) is 23.7 Å². The normalized spacial score (nSPS) is 26.1. The van der Waals surface area contributed by atoms with Crippen molar-refractivity contribution in [1.82, 2.24) is 4.90 Å². The Bertz CT molecular complexity index is 447. The van der Waals surface area contributed by atoms with Gasteiger partial charge in [0.05, 0.1) is 0 Å². The molecule has 0 aliphatic heterocycles. The van der Waals surface area contributed by atoms with E-state index in [4.69, 9.17) is 4.42 Å². The standard InChI is InChI=1S/C15H21NO2/c1-10-9-13(10)14-7-5-12(18-14)6-8-15(17)16(2)11-3-4-11/h5,7,10-11,13H,3-4,6,8-9H2,1-2H3/t10-,13+/m0/s1. The van der Waals surface area contributed by atoms with Crippen molar-refractivity contribution in [3.63, 3.8) is 0 Å². The number of nitrogens with zero attached hydrogens (tertiary/aromatic N) is 1. The lowest BCUT2D eigenvalue weighted by molar-refractivity contribution is -0.130. The summed E-state index contributed by atoms with van der Waals surface area (Å²) < 4.78 is 5.81. The van der Waals surface area contributed by atoms with Gasteiger partial charge in [0, 0.05) is 31.8 Å². The average Bonchev–Trinajstić information content (AvgIpc) is 3.27. The van der Waals surface area contributed by atoms with Crippen LogP contribution in [0.1, 0.15) is 50.0 Å². The van der Waals surface area contributed by atoms with Gasteiger partial charge in [-0.15, -0.1) is 0 Å². The fourth-order valence-corrected chi connectivity index (χ4v) is 2.52. The summed E-state index contributed by atoms with van der Waals surface area (Å²) in [7, 11) is 1.92. The lowest BCUT2D eigenvalue weighted by atomic mass is 10.2. The van der Waals surface area contributed by atoms with Crippen molar-refractivity contribution in [1.29, 1.82) is 0 Å². The summed E-state index contributed by atoms with van der Waals surface area (Å²) in [6, 6.07) is 4.63. The number of hydrogen-bond donors (Lipinski definition) is 0. The smallest absolute Gasteiger partial charge is 0.223 e. The van der Waals surface area contributed by atoms with Crippen LogP contribution in [0.4, 0.5) is 0 Å². The van der Waals surface area contributed by atoms with E-state index in [0.717, 1.165) is 23.9 Å². The van der Waals surface area contributed by atoms with Gasteiger partial charge in [0.25, 0.3) is 0 Å². The average molecular weight is 247 g/mol. The van der Waals surface area contributed by atoms with E-state index in [2.05, 4.69) is 13.0 Å². The van der Waals surface area contributed by atoms with Crippen molar-refractivity contribution in [2.75, 3.05) is 7.05 Å². The quantitative estimate of drug-likeness (QED) is 0.801. The molecule has 1 aromatic heterocycles. The molecule has 0 spiro atoms. The Balaban J connectivity index is 1.50. The maximum Gasteiger partial charge on any atom is 0.223 e. The molecule has 2 aliphatic rings. The predicted molar refractivity (Wildman–Crippen MR) is 69.3 cm³/mol. The van der Waals surface area contributed by atoms with Crippen molar-refractivity contribution in [2.45, 2.75) is 51.0 Å². The summed E-state index contributed by atoms with van der Waals surface area (Å²) in [6.45, 7) is 2.25. The van der Waals surface area contributed by atoms with Crippen LogP contribution in [-0.4, -0.2) is 23.9 Å². The van der Waals surface area contributed by atoms with E-state index >= 15 is 0 Å². The molecule has 3 nitrogen and oxygen atoms in total. The van der Waals surface area contributed by atoms with Gasteiger partial charge in [0.2, 0.25) is 5.91 Å². The van der Waals surface area contributed by atoms with E-state index in [1.807, 2.05) is 18.0 Å². The van der Waals surface area contributed by atoms with Crippen molar-refractivity contribution in [2.24, 2.45) is 5.92 Å². The fourth-order valence-electron chi connectivity index (χ4n) is 2.52. The molecule has 98 valence electrons. The van der Waals surface area contributed by atoms with Gasteiger partial charge in [0.15, 0.2) is 0 Å². The summed E-state index contributed by atoms with van der Waals surface area (Å²) in [4.78, 5) is 13.8. The second-order valence-corrected chi connectivity index (χ2v) is 5.86. The predicted octanol–water partition coefficient (Wildman–Crippen LogP) is 2.96. The monoisotopic (exact) mass is 247 g/mol. The molecule has 3 rings (SSSR count). The van der Waals surface area contributed by atoms with Gasteiger partial charge in [-0.2, -0.15) is 0 Å². The Kier molecular flexibility index (Phi) is 2.92. The van der Waals surface area contributed by atoms with Gasteiger partial charge in [-0.3, -0.25) is 4.79 Å². The Hall–Kier alpha value is -1.25. The highest BCUT2D eigenvalue weighted by atomic mass is 16.3. The Morgan fingerprint density at radius 1 is 1.44 bits per heavy atom. The summed E-state index contributed by atoms with van der Waals surface area (Å²) in [5.41, 5.74) is 0. The third-order valence-electron chi connectivity index (χ3n) is 4.23. The molecule has 1 amide bonds. The molecular weight excluding hydrogens is 226 g/mol. The van der Waals surface area contributed by atoms with Crippen LogP contribution in [0.25, 0.3) is 0 Å². The zero-order valence-corrected chi connectivity index (χ0v) is 11.2. The van der Waals surface area contributed by atoms with E-state index < -0.39 is 0 Å². The van der Waals surface area contributed by atoms with Crippen LogP contribution >= 0.6 is 0 Å². The summed E-state index contributed by atoms with van der Waals surface area (Å²) in [6.07, 6.45) is 4.90. The van der Waals surface area contributed by atoms with E-state index in [9.17, 15) is 4.79 Å². The Morgan fingerprint density at radius 3 is 2.78 bits per heavy atom. The lowest BCUT2D eigenvalue weighted by Gasteiger charge is -2.15. The van der Waals surface area contributed by atoms with Crippen LogP contribution in [0, 0.1) is 5.92 Å². The number of rotatable bonds is 5. The molecule has 18 heavy (non-hydrogen) atoms. The molecule has 0 unspecified atom stereocenters. The Morgan fingerprint density at radius 2 is 2.17 bits per heavy atom. The highest BCUT2D eigenvalue weighted by Crippen LogP contribution is 2.47. The third-order valence-corrected chi connectivity index (χ3v) is 4.23. The number of carbonyl (C=O) groups is 1. The van der Waals surface area contributed by atoms with E-state index in [1.54, 1.807) is 0 Å². The minimum absolute atomic E-state index is 0.246. The Labute approximate surface area is 108 Å². The number of aryl methyl sites for hydroxylation is 1. The number of carbonyl (C=O) groups excluding carboxylic acids is 1. The van der Waals surface area contributed by atoms with Crippen LogP contribution in [0.3, 0.4) is 0 Å². The maximum absolute atomic E-state index is 11.9. The first-order chi connectivity index (χ1) is 8.65. The molecule has 2 saturated carbocycles. The fraction of sp³-hybridized carbons (Fsp3) is 0.667. The molecule has 1 aromatic rings. The van der Waals surface area contributed by atoms with Crippen LogP contribution in [0.2, 0.25) is 0 Å². The molecule has 2 atom stereocenters. The summed E-state index contributed by atoms with van der Waals surface area (Å²) in [5.74, 6) is 3.72. The number of amides is 1. The van der Waals surface area contributed by atoms with E-state index in [-0.39, 0.29) is 5.91 Å². The summed E-state index contributed by atoms with van der Waals surface area (Å²) in [5, 5.41) is 0. The van der Waals surface area contributed by atoms with Gasteiger partial charge in [-0.25, -0.2) is 0 Å². The SMILES string of the molecule is C[C@H]1C[C@H]1c1ccc(CCC(=O)N(C)C2CC2)o1. The van der Waals surface area contributed by atoms with Crippen molar-refractivity contribution in [3.8, 4) is 0 Å². The van der Waals surface area contributed by atoms with E-state index in [1.165, 1.54) is 19.3 Å². The zero-order valence-electron chi connectivity index (χ0n) is 11.2. The van der Waals surface area contributed by atoms with Gasteiger partial charge in [-0.1, -0.05) is 6.92 Å². The summed E-state index contributed by atoms with van der Waals surface area (Å²) >= 11 is 0. The van der Waals surface area contributed by atoms with Crippen LogP contribution in [0.5, 0.6) is 0 Å². The first-order valence-corrected chi connectivity index (χ1v) is 6.99. The van der Waals surface area contributed by atoms with Crippen molar-refractivity contribution < 1.29 is 9.21 Å². The van der Waals surface area contributed by atoms with Crippen LogP contribution in [0.15, 0.2) is 16.5 Å². The number of furan rings is 1. The first kappa shape index (κ1) is 11.8. The minimum Gasteiger partial charge on any atom is -0.466 e. The molecular formula is C15H21NO2. The van der Waals surface area contributed by atoms with Gasteiger partial charge in [-0.05, 0) is 37.3 Å². The molecule has 0 aromatic carbocycles. The minimum atomic E-state index is 0.246. The largest absolute Gasteiger partial charge is 0.466 e. The second kappa shape index (κ2) is 4.45. The van der Waals surface area contributed by atoms with Gasteiger partial charge in [0.1, 0.15) is 11.5 Å². The van der Waals surface area contributed by atoms with Crippen LogP contribution in [-0.2, 0) is 11.2 Å². The molecule has 0 N–H and O–H groups in total. The maximum atomic E-state index is 11.9. The number of hydrogen-bond acceptors (Lipinski definition) is 2. The van der Waals surface area contributed by atoms with Gasteiger partial charge < -0.3 is 9.32 Å². The van der Waals surface area contributed by atoms with Crippen molar-refractivity contribution >= 4 is 5.91 Å². The molecule has 0 radical (unpaired) electrons. The third kappa shape index (κ3) is 2.45. The zero-order chi connectivity index (χ0) is 12.7. The molecule has 0 bridgehead atoms. The van der Waals surface area contributed by atoms with Gasteiger partial charge >= 0.3 is 0 Å².